The molecule has 0 aliphatic rings. The highest BCUT2D eigenvalue weighted by Gasteiger charge is 2.16. The van der Waals surface area contributed by atoms with Gasteiger partial charge in [0.15, 0.2) is 5.82 Å². The number of hydrogen-bond donors (Lipinski definition) is 0. The van der Waals surface area contributed by atoms with Crippen LogP contribution in [-0.2, 0) is 16.0 Å². The molecule has 0 saturated carbocycles. The maximum absolute atomic E-state index is 11.7. The van der Waals surface area contributed by atoms with E-state index in [0.717, 1.165) is 22.5 Å². The van der Waals surface area contributed by atoms with Crippen LogP contribution in [-0.4, -0.2) is 22.5 Å². The topological polar surface area (TPSA) is 68.3 Å². The molecule has 0 saturated heterocycles. The molecule has 0 N–H and O–H groups in total. The fourth-order valence-corrected chi connectivity index (χ4v) is 2.56. The number of methoxy groups -OCH3 is 1. The van der Waals surface area contributed by atoms with E-state index in [1.165, 1.54) is 12.7 Å². The molecule has 1 aromatic carbocycles. The number of benzene rings is 1. The molecule has 0 radical (unpaired) electrons. The number of pyridine rings is 1. The molecule has 6 nitrogen and oxygen atoms in total. The van der Waals surface area contributed by atoms with E-state index in [1.54, 1.807) is 0 Å². The van der Waals surface area contributed by atoms with Gasteiger partial charge in [-0.15, -0.1) is 10.2 Å². The Morgan fingerprint density at radius 3 is 2.64 bits per heavy atom. The molecule has 6 heteroatoms. The van der Waals surface area contributed by atoms with Gasteiger partial charge in [-0.3, -0.25) is 9.20 Å². The van der Waals surface area contributed by atoms with Gasteiger partial charge in [0.25, 0.3) is 0 Å². The maximum Gasteiger partial charge on any atom is 0.311 e. The molecule has 0 aliphatic carbocycles. The maximum atomic E-state index is 11.7. The smallest absolute Gasteiger partial charge is 0.311 e. The highest BCUT2D eigenvalue weighted by atomic mass is 16.5. The zero-order chi connectivity index (χ0) is 18.0. The van der Waals surface area contributed by atoms with E-state index in [9.17, 15) is 4.79 Å². The van der Waals surface area contributed by atoms with Crippen LogP contribution < -0.4 is 0 Å². The summed E-state index contributed by atoms with van der Waals surface area (Å²) in [6, 6.07) is 9.79. The number of rotatable bonds is 4. The summed E-state index contributed by atoms with van der Waals surface area (Å²) in [5.41, 5.74) is 5.43. The Bertz CT molecular complexity index is 973. The van der Waals surface area contributed by atoms with Crippen LogP contribution >= 0.6 is 0 Å². The van der Waals surface area contributed by atoms with Crippen LogP contribution in [0.5, 0.6) is 0 Å². The fraction of sp³-hybridized carbons (Fsp3) is 0.263. The van der Waals surface area contributed by atoms with E-state index in [4.69, 9.17) is 4.74 Å². The Labute approximate surface area is 146 Å². The van der Waals surface area contributed by atoms with Crippen LogP contribution in [0.3, 0.4) is 0 Å². The monoisotopic (exact) mass is 336 g/mol. The van der Waals surface area contributed by atoms with Gasteiger partial charge in [0.2, 0.25) is 0 Å². The van der Waals surface area contributed by atoms with Crippen molar-refractivity contribution in [3.05, 3.63) is 58.9 Å². The van der Waals surface area contributed by atoms with Crippen LogP contribution in [0.2, 0.25) is 0 Å². The van der Waals surface area contributed by atoms with E-state index in [-0.39, 0.29) is 12.4 Å². The molecule has 0 atom stereocenters. The molecule has 0 unspecified atom stereocenters. The summed E-state index contributed by atoms with van der Waals surface area (Å²) in [4.78, 5) is 16.3. The van der Waals surface area contributed by atoms with Crippen molar-refractivity contribution in [3.63, 3.8) is 0 Å². The third-order valence-electron chi connectivity index (χ3n) is 4.18. The van der Waals surface area contributed by atoms with Crippen LogP contribution in [0.4, 0.5) is 11.5 Å². The summed E-state index contributed by atoms with van der Waals surface area (Å²) >= 11 is 0. The Morgan fingerprint density at radius 1 is 1.12 bits per heavy atom. The molecule has 25 heavy (non-hydrogen) atoms. The van der Waals surface area contributed by atoms with Crippen molar-refractivity contribution in [1.82, 2.24) is 9.38 Å². The first-order valence-corrected chi connectivity index (χ1v) is 8.02. The number of nitrogens with zero attached hydrogens (tertiary/aromatic N) is 4. The van der Waals surface area contributed by atoms with Crippen molar-refractivity contribution < 1.29 is 9.53 Å². The number of imidazole rings is 1. The Kier molecular flexibility index (Phi) is 4.61. The van der Waals surface area contributed by atoms with Gasteiger partial charge in [-0.25, -0.2) is 4.98 Å². The number of carbonyl (C=O) groups is 1. The molecule has 0 bridgehead atoms. The van der Waals surface area contributed by atoms with Gasteiger partial charge in [-0.2, -0.15) is 0 Å². The summed E-state index contributed by atoms with van der Waals surface area (Å²) in [5, 5.41) is 8.72. The van der Waals surface area contributed by atoms with Gasteiger partial charge >= 0.3 is 5.97 Å². The normalized spacial score (nSPS) is 11.4. The summed E-state index contributed by atoms with van der Waals surface area (Å²) in [6.45, 7) is 6.06. The third-order valence-corrected chi connectivity index (χ3v) is 4.18. The van der Waals surface area contributed by atoms with Crippen molar-refractivity contribution in [3.8, 4) is 0 Å². The van der Waals surface area contributed by atoms with E-state index >= 15 is 0 Å². The molecule has 3 aromatic rings. The van der Waals surface area contributed by atoms with E-state index in [2.05, 4.69) is 22.1 Å². The predicted octanol–water partition coefficient (Wildman–Crippen LogP) is 4.39. The first kappa shape index (κ1) is 16.8. The second-order valence-corrected chi connectivity index (χ2v) is 5.99. The van der Waals surface area contributed by atoms with Crippen molar-refractivity contribution in [2.45, 2.75) is 27.2 Å². The van der Waals surface area contributed by atoms with E-state index in [1.807, 2.05) is 54.8 Å². The lowest BCUT2D eigenvalue weighted by molar-refractivity contribution is -0.139. The number of aryl methyl sites for hydroxylation is 3. The highest BCUT2D eigenvalue weighted by molar-refractivity contribution is 5.74. The van der Waals surface area contributed by atoms with Gasteiger partial charge in [0.1, 0.15) is 5.65 Å². The molecule has 0 amide bonds. The lowest BCUT2D eigenvalue weighted by Crippen LogP contribution is -2.04. The fourth-order valence-electron chi connectivity index (χ4n) is 2.56. The molecule has 2 heterocycles. The molecule has 3 rings (SSSR count). The van der Waals surface area contributed by atoms with Gasteiger partial charge in [0, 0.05) is 6.20 Å². The molecule has 0 aliphatic heterocycles. The number of aromatic nitrogens is 2. The van der Waals surface area contributed by atoms with Crippen molar-refractivity contribution in [2.75, 3.05) is 7.11 Å². The number of hydrogen-bond acceptors (Lipinski definition) is 5. The number of esters is 1. The van der Waals surface area contributed by atoms with E-state index in [0.29, 0.717) is 11.5 Å². The molecule has 128 valence electrons. The average Bonchev–Trinajstić information content (AvgIpc) is 2.94. The average molecular weight is 336 g/mol. The zero-order valence-electron chi connectivity index (χ0n) is 14.8. The van der Waals surface area contributed by atoms with Crippen molar-refractivity contribution in [1.29, 1.82) is 0 Å². The SMILES string of the molecule is COC(=O)Cc1nc2c(C)cccn2c1N=Nc1ccc(C)c(C)c1. The number of azo groups is 1. The van der Waals surface area contributed by atoms with Crippen LogP contribution in [0.1, 0.15) is 22.4 Å². The van der Waals surface area contributed by atoms with E-state index < -0.39 is 0 Å². The first-order valence-electron chi connectivity index (χ1n) is 8.02. The molecular formula is C19H20N4O2. The molecular weight excluding hydrogens is 316 g/mol. The Hall–Kier alpha value is -3.02. The van der Waals surface area contributed by atoms with Crippen molar-refractivity contribution in [2.24, 2.45) is 10.2 Å². The third kappa shape index (κ3) is 3.42. The van der Waals surface area contributed by atoms with Gasteiger partial charge in [-0.1, -0.05) is 12.1 Å². The van der Waals surface area contributed by atoms with Gasteiger partial charge in [0.05, 0.1) is 24.9 Å². The second kappa shape index (κ2) is 6.84. The lowest BCUT2D eigenvalue weighted by Gasteiger charge is -2.01. The largest absolute Gasteiger partial charge is 0.469 e. The highest BCUT2D eigenvalue weighted by Crippen LogP contribution is 2.27. The minimum absolute atomic E-state index is 0.0545. The van der Waals surface area contributed by atoms with Gasteiger partial charge < -0.3 is 4.74 Å². The molecule has 2 aromatic heterocycles. The van der Waals surface area contributed by atoms with Crippen molar-refractivity contribution >= 4 is 23.1 Å². The molecule has 0 spiro atoms. The minimum atomic E-state index is -0.358. The van der Waals surface area contributed by atoms with Gasteiger partial charge in [-0.05, 0) is 55.7 Å². The summed E-state index contributed by atoms with van der Waals surface area (Å²) in [5.74, 6) is 0.186. The Morgan fingerprint density at radius 2 is 1.92 bits per heavy atom. The predicted molar refractivity (Wildman–Crippen MR) is 95.7 cm³/mol. The Balaban J connectivity index is 2.07. The lowest BCUT2D eigenvalue weighted by atomic mass is 10.1. The summed E-state index contributed by atoms with van der Waals surface area (Å²) in [6.07, 6.45) is 1.92. The zero-order valence-corrected chi connectivity index (χ0v) is 14.8. The number of fused-ring (bicyclic) bond motifs is 1. The first-order chi connectivity index (χ1) is 12.0. The number of ether oxygens (including phenoxy) is 1. The quantitative estimate of drug-likeness (QED) is 0.524. The van der Waals surface area contributed by atoms with Crippen LogP contribution in [0.15, 0.2) is 46.8 Å². The summed E-state index contributed by atoms with van der Waals surface area (Å²) < 4.78 is 6.61. The van der Waals surface area contributed by atoms with Crippen LogP contribution in [0, 0.1) is 20.8 Å². The number of carbonyl (C=O) groups excluding carboxylic acids is 1. The standard InChI is InChI=1S/C19H20N4O2/c1-12-7-8-15(10-14(12)3)21-22-19-16(11-17(24)25-4)20-18-13(2)6-5-9-23(18)19/h5-10H,11H2,1-4H3. The van der Waals surface area contributed by atoms with Crippen LogP contribution in [0.25, 0.3) is 5.65 Å². The second-order valence-electron chi connectivity index (χ2n) is 5.99. The minimum Gasteiger partial charge on any atom is -0.469 e. The summed E-state index contributed by atoms with van der Waals surface area (Å²) in [7, 11) is 1.36. The molecule has 0 fully saturated rings.